The molecule has 0 bridgehead atoms. The Kier molecular flexibility index (Phi) is 6.22. The molecule has 19 heavy (non-hydrogen) atoms. The molecule has 0 unspecified atom stereocenters. The number of carbonyl (C=O) groups excluding carboxylic acids is 1. The molecule has 0 saturated carbocycles. The summed E-state index contributed by atoms with van der Waals surface area (Å²) in [4.78, 5) is 19.5. The molecule has 1 rings (SSSR count). The van der Waals surface area contributed by atoms with Gasteiger partial charge in [0.15, 0.2) is 0 Å². The molecule has 0 atom stereocenters. The van der Waals surface area contributed by atoms with Crippen LogP contribution in [0, 0.1) is 5.92 Å². The SMILES string of the molecule is C=CC(/C=C\C(C)C)=NC(=O)NCc1cccnc1. The first-order valence-electron chi connectivity index (χ1n) is 6.18. The van der Waals surface area contributed by atoms with E-state index in [0.717, 1.165) is 5.56 Å². The number of urea groups is 1. The Balaban J connectivity index is 2.55. The maximum absolute atomic E-state index is 11.6. The third-order valence-corrected chi connectivity index (χ3v) is 2.26. The van der Waals surface area contributed by atoms with Gasteiger partial charge >= 0.3 is 6.03 Å². The molecule has 1 N–H and O–H groups in total. The zero-order chi connectivity index (χ0) is 14.1. The van der Waals surface area contributed by atoms with E-state index in [-0.39, 0.29) is 6.03 Å². The molecule has 0 fully saturated rings. The number of aliphatic imine (C=N–C) groups is 1. The highest BCUT2D eigenvalue weighted by atomic mass is 16.2. The monoisotopic (exact) mass is 257 g/mol. The summed E-state index contributed by atoms with van der Waals surface area (Å²) >= 11 is 0. The lowest BCUT2D eigenvalue weighted by atomic mass is 10.2. The van der Waals surface area contributed by atoms with Gasteiger partial charge in [0.1, 0.15) is 0 Å². The number of amides is 2. The van der Waals surface area contributed by atoms with Gasteiger partial charge in [0, 0.05) is 18.9 Å². The normalized spacial score (nSPS) is 11.8. The zero-order valence-corrected chi connectivity index (χ0v) is 11.3. The number of carbonyl (C=O) groups is 1. The van der Waals surface area contributed by atoms with E-state index in [4.69, 9.17) is 0 Å². The highest BCUT2D eigenvalue weighted by Gasteiger charge is 1.99. The molecule has 0 aliphatic rings. The number of nitrogens with one attached hydrogen (secondary N) is 1. The van der Waals surface area contributed by atoms with Crippen LogP contribution in [-0.4, -0.2) is 16.7 Å². The van der Waals surface area contributed by atoms with Gasteiger partial charge in [0.25, 0.3) is 0 Å². The number of aromatic nitrogens is 1. The van der Waals surface area contributed by atoms with Crippen molar-refractivity contribution in [1.29, 1.82) is 0 Å². The average Bonchev–Trinajstić information content (AvgIpc) is 2.42. The Morgan fingerprint density at radius 1 is 1.58 bits per heavy atom. The molecule has 0 radical (unpaired) electrons. The zero-order valence-electron chi connectivity index (χ0n) is 11.3. The fourth-order valence-electron chi connectivity index (χ4n) is 1.28. The van der Waals surface area contributed by atoms with Gasteiger partial charge in [-0.3, -0.25) is 4.98 Å². The van der Waals surface area contributed by atoms with Crippen molar-refractivity contribution in [2.75, 3.05) is 0 Å². The van der Waals surface area contributed by atoms with Gasteiger partial charge in [-0.2, -0.15) is 4.99 Å². The summed E-state index contributed by atoms with van der Waals surface area (Å²) in [6.07, 6.45) is 8.71. The summed E-state index contributed by atoms with van der Waals surface area (Å²) in [7, 11) is 0. The predicted octanol–water partition coefficient (Wildman–Crippen LogP) is 3.13. The van der Waals surface area contributed by atoms with Crippen LogP contribution in [0.4, 0.5) is 4.79 Å². The van der Waals surface area contributed by atoms with E-state index in [1.54, 1.807) is 24.5 Å². The Hall–Kier alpha value is -2.23. The Labute approximate surface area is 114 Å². The molecule has 0 saturated heterocycles. The van der Waals surface area contributed by atoms with Gasteiger partial charge in [0.05, 0.1) is 5.71 Å². The summed E-state index contributed by atoms with van der Waals surface area (Å²) in [5, 5.41) is 2.70. The first-order chi connectivity index (χ1) is 9.11. The number of nitrogens with zero attached hydrogens (tertiary/aromatic N) is 2. The van der Waals surface area contributed by atoms with E-state index in [1.165, 1.54) is 0 Å². The van der Waals surface area contributed by atoms with Crippen LogP contribution in [0.3, 0.4) is 0 Å². The van der Waals surface area contributed by atoms with Crippen molar-refractivity contribution in [2.45, 2.75) is 20.4 Å². The van der Waals surface area contributed by atoms with E-state index in [2.05, 4.69) is 35.7 Å². The van der Waals surface area contributed by atoms with Crippen LogP contribution < -0.4 is 5.32 Å². The molecule has 1 aromatic rings. The predicted molar refractivity (Wildman–Crippen MR) is 78.1 cm³/mol. The number of pyridine rings is 1. The molecule has 0 aromatic carbocycles. The van der Waals surface area contributed by atoms with Crippen molar-refractivity contribution in [1.82, 2.24) is 10.3 Å². The second kappa shape index (κ2) is 7.97. The lowest BCUT2D eigenvalue weighted by molar-refractivity contribution is 0.249. The molecule has 0 aliphatic carbocycles. The van der Waals surface area contributed by atoms with Crippen LogP contribution in [0.1, 0.15) is 19.4 Å². The minimum atomic E-state index is -0.382. The van der Waals surface area contributed by atoms with Gasteiger partial charge in [-0.05, 0) is 29.7 Å². The van der Waals surface area contributed by atoms with Gasteiger partial charge in [-0.1, -0.05) is 32.6 Å². The van der Waals surface area contributed by atoms with Gasteiger partial charge in [-0.15, -0.1) is 0 Å². The number of hydrogen-bond acceptors (Lipinski definition) is 2. The second-order valence-electron chi connectivity index (χ2n) is 4.36. The fraction of sp³-hybridized carbons (Fsp3) is 0.267. The summed E-state index contributed by atoms with van der Waals surface area (Å²) in [5.74, 6) is 0.406. The summed E-state index contributed by atoms with van der Waals surface area (Å²) in [5.41, 5.74) is 1.49. The van der Waals surface area contributed by atoms with Gasteiger partial charge in [0.2, 0.25) is 0 Å². The van der Waals surface area contributed by atoms with E-state index >= 15 is 0 Å². The van der Waals surface area contributed by atoms with Crippen LogP contribution in [0.25, 0.3) is 0 Å². The first-order valence-corrected chi connectivity index (χ1v) is 6.18. The van der Waals surface area contributed by atoms with Crippen LogP contribution in [0.5, 0.6) is 0 Å². The molecule has 0 aliphatic heterocycles. The molecule has 0 spiro atoms. The third kappa shape index (κ3) is 6.31. The van der Waals surface area contributed by atoms with Crippen molar-refractivity contribution >= 4 is 11.7 Å². The maximum atomic E-state index is 11.6. The second-order valence-corrected chi connectivity index (χ2v) is 4.36. The topological polar surface area (TPSA) is 54.4 Å². The van der Waals surface area contributed by atoms with Gasteiger partial charge in [-0.25, -0.2) is 4.79 Å². The molecule has 1 aromatic heterocycles. The average molecular weight is 257 g/mol. The van der Waals surface area contributed by atoms with Crippen molar-refractivity contribution in [3.05, 3.63) is 54.9 Å². The molecular formula is C15H19N3O. The van der Waals surface area contributed by atoms with Crippen LogP contribution in [-0.2, 0) is 6.54 Å². The van der Waals surface area contributed by atoms with Crippen LogP contribution in [0.2, 0.25) is 0 Å². The smallest absolute Gasteiger partial charge is 0.332 e. The largest absolute Gasteiger partial charge is 0.341 e. The number of allylic oxidation sites excluding steroid dienone is 3. The molecule has 100 valence electrons. The molecule has 2 amide bonds. The van der Waals surface area contributed by atoms with E-state index in [0.29, 0.717) is 18.2 Å². The van der Waals surface area contributed by atoms with Crippen molar-refractivity contribution < 1.29 is 4.79 Å². The van der Waals surface area contributed by atoms with Gasteiger partial charge < -0.3 is 5.32 Å². The summed E-state index contributed by atoms with van der Waals surface area (Å²) < 4.78 is 0. The highest BCUT2D eigenvalue weighted by Crippen LogP contribution is 1.97. The lowest BCUT2D eigenvalue weighted by Crippen LogP contribution is -2.20. The summed E-state index contributed by atoms with van der Waals surface area (Å²) in [6.45, 7) is 8.16. The van der Waals surface area contributed by atoms with Crippen molar-refractivity contribution in [3.63, 3.8) is 0 Å². The molecule has 4 heteroatoms. The maximum Gasteiger partial charge on any atom is 0.341 e. The highest BCUT2D eigenvalue weighted by molar-refractivity contribution is 6.08. The number of hydrogen-bond donors (Lipinski definition) is 1. The van der Waals surface area contributed by atoms with Crippen molar-refractivity contribution in [2.24, 2.45) is 10.9 Å². The number of rotatable bonds is 5. The first kappa shape index (κ1) is 14.8. The Morgan fingerprint density at radius 2 is 2.37 bits per heavy atom. The quantitative estimate of drug-likeness (QED) is 0.824. The van der Waals surface area contributed by atoms with E-state index in [1.807, 2.05) is 18.2 Å². The van der Waals surface area contributed by atoms with E-state index < -0.39 is 0 Å². The van der Waals surface area contributed by atoms with Crippen LogP contribution in [0.15, 0.2) is 54.3 Å². The molecule has 1 heterocycles. The summed E-state index contributed by atoms with van der Waals surface area (Å²) in [6, 6.07) is 3.34. The Morgan fingerprint density at radius 3 is 2.95 bits per heavy atom. The molecular weight excluding hydrogens is 238 g/mol. The third-order valence-electron chi connectivity index (χ3n) is 2.26. The van der Waals surface area contributed by atoms with E-state index in [9.17, 15) is 4.79 Å². The molecule has 4 nitrogen and oxygen atoms in total. The fourth-order valence-corrected chi connectivity index (χ4v) is 1.28. The van der Waals surface area contributed by atoms with Crippen LogP contribution >= 0.6 is 0 Å². The van der Waals surface area contributed by atoms with Crippen molar-refractivity contribution in [3.8, 4) is 0 Å². The minimum Gasteiger partial charge on any atom is -0.332 e. The standard InChI is InChI=1S/C15H19N3O/c1-4-14(8-7-12(2)3)18-15(19)17-11-13-6-5-9-16-10-13/h4-10,12H,1,11H2,2-3H3,(H,17,19)/b8-7-,18-14?. The lowest BCUT2D eigenvalue weighted by Gasteiger charge is -2.01. The minimum absolute atomic E-state index is 0.382. The Bertz CT molecular complexity index is 475.